The van der Waals surface area contributed by atoms with Crippen LogP contribution in [0.5, 0.6) is 5.88 Å². The molecule has 0 bridgehead atoms. The van der Waals surface area contributed by atoms with Crippen molar-refractivity contribution < 1.29 is 4.74 Å². The lowest BCUT2D eigenvalue weighted by atomic mass is 9.57. The van der Waals surface area contributed by atoms with Crippen LogP contribution in [0.2, 0.25) is 5.15 Å². The van der Waals surface area contributed by atoms with E-state index in [1.165, 1.54) is 55.1 Å². The third kappa shape index (κ3) is 15.0. The molecule has 0 radical (unpaired) electrons. The SMILES string of the molecule is C.CC(C)C1(C(C)C)Cc2ccccc2[C@H]1N.CC(C)C1(C(C)C)Cc2nc(Cl)ccc2[C@H]1N.CC(C)C1(C(C)C)Cc2ncccc2[C@H]1N.CC(C)C1(C(C)C)c2cnncc2C[C@H]1N.COc1cc2c(cn1)[C@@H](N)C(C(C)C)(C(C)(C)C)C2.Cc1nc2c(s1)CC(C(C)C)(C(C)(C)C)[C@@H]2N. The largest absolute Gasteiger partial charge is 0.481 e. The van der Waals surface area contributed by atoms with E-state index in [4.69, 9.17) is 50.7 Å². The summed E-state index contributed by atoms with van der Waals surface area (Å²) < 4.78 is 5.24. The molecule has 12 N–H and O–H groups in total. The van der Waals surface area contributed by atoms with Crippen molar-refractivity contribution in [2.24, 2.45) is 131 Å². The van der Waals surface area contributed by atoms with Gasteiger partial charge in [-0.1, -0.05) is 235 Å². The van der Waals surface area contributed by atoms with E-state index in [1.807, 2.05) is 60.4 Å². The smallest absolute Gasteiger partial charge is 0.213 e. The van der Waals surface area contributed by atoms with Gasteiger partial charge in [0.15, 0.2) is 0 Å². The minimum atomic E-state index is 0. The highest BCUT2D eigenvalue weighted by Gasteiger charge is 2.57. The Labute approximate surface area is 629 Å². The van der Waals surface area contributed by atoms with Gasteiger partial charge in [-0.15, -0.1) is 11.3 Å². The molecular formula is C87H141ClN12OS. The maximum Gasteiger partial charge on any atom is 0.213 e. The number of thiazole rings is 1. The van der Waals surface area contributed by atoms with Crippen molar-refractivity contribution in [1.82, 2.24) is 30.1 Å². The molecule has 5 aromatic heterocycles. The Balaban J connectivity index is 0.000000192. The van der Waals surface area contributed by atoms with Crippen molar-refractivity contribution in [3.05, 3.63) is 156 Å². The predicted octanol–water partition coefficient (Wildman–Crippen LogP) is 19.6. The predicted molar refractivity (Wildman–Crippen MR) is 432 cm³/mol. The normalized spacial score (nSPS) is 24.2. The summed E-state index contributed by atoms with van der Waals surface area (Å²) in [6, 6.07) is 19.5. The highest BCUT2D eigenvalue weighted by molar-refractivity contribution is 7.11. The van der Waals surface area contributed by atoms with E-state index in [2.05, 4.69) is 247 Å². The second-order valence-corrected chi connectivity index (χ2v) is 38.0. The number of halogens is 1. The fraction of sp³-hybridized carbons (Fsp3) is 0.678. The Bertz CT molecular complexity index is 3620. The van der Waals surface area contributed by atoms with Crippen molar-refractivity contribution >= 4 is 22.9 Å². The number of rotatable bonds is 11. The van der Waals surface area contributed by atoms with E-state index < -0.39 is 0 Å². The molecule has 12 rings (SSSR count). The van der Waals surface area contributed by atoms with Gasteiger partial charge < -0.3 is 39.1 Å². The number of nitrogens with zero attached hydrogens (tertiary/aromatic N) is 6. The Morgan fingerprint density at radius 2 is 0.941 bits per heavy atom. The summed E-state index contributed by atoms with van der Waals surface area (Å²) in [5, 5.41) is 9.73. The molecule has 0 saturated carbocycles. The number of hydrogen-bond acceptors (Lipinski definition) is 14. The molecule has 6 aromatic rings. The third-order valence-electron chi connectivity index (χ3n) is 27.4. The number of nitrogens with two attached hydrogens (primary N) is 6. The van der Waals surface area contributed by atoms with Crippen LogP contribution in [0.3, 0.4) is 0 Å². The van der Waals surface area contributed by atoms with Gasteiger partial charge in [-0.05, 0) is 188 Å². The van der Waals surface area contributed by atoms with Gasteiger partial charge in [0, 0.05) is 81.2 Å². The van der Waals surface area contributed by atoms with Crippen LogP contribution in [0.1, 0.15) is 289 Å². The van der Waals surface area contributed by atoms with Gasteiger partial charge in [0.05, 0.1) is 36.2 Å². The first-order chi connectivity index (χ1) is 46.8. The first kappa shape index (κ1) is 86.2. The summed E-state index contributed by atoms with van der Waals surface area (Å²) in [5.74, 6) is 6.27. The zero-order valence-electron chi connectivity index (χ0n) is 67.8. The van der Waals surface area contributed by atoms with E-state index in [1.54, 1.807) is 7.11 Å². The molecule has 15 heteroatoms. The number of hydrogen-bond donors (Lipinski definition) is 6. The molecule has 0 saturated heterocycles. The fourth-order valence-corrected chi connectivity index (χ4v) is 22.7. The molecule has 1 aromatic carbocycles. The number of fused-ring (bicyclic) bond motifs is 6. The maximum atomic E-state index is 6.62. The second kappa shape index (κ2) is 32.8. The van der Waals surface area contributed by atoms with Gasteiger partial charge in [0.25, 0.3) is 0 Å². The summed E-state index contributed by atoms with van der Waals surface area (Å²) >= 11 is 7.80. The Kier molecular flexibility index (Phi) is 27.7. The van der Waals surface area contributed by atoms with Gasteiger partial charge in [-0.3, -0.25) is 4.98 Å². The average molecular weight is 1440 g/mol. The summed E-state index contributed by atoms with van der Waals surface area (Å²) in [6.45, 7) is 61.5. The minimum absolute atomic E-state index is 0. The molecule has 8 atom stereocenters. The topological polar surface area (TPSA) is 243 Å². The zero-order chi connectivity index (χ0) is 76.0. The molecule has 102 heavy (non-hydrogen) atoms. The first-order valence-electron chi connectivity index (χ1n) is 38.3. The number of pyridine rings is 3. The summed E-state index contributed by atoms with van der Waals surface area (Å²) in [6.07, 6.45) is 13.7. The van der Waals surface area contributed by atoms with Gasteiger partial charge in [-0.2, -0.15) is 10.2 Å². The van der Waals surface area contributed by atoms with Crippen LogP contribution in [0.15, 0.2) is 79.4 Å². The van der Waals surface area contributed by atoms with Crippen molar-refractivity contribution in [1.29, 1.82) is 0 Å². The van der Waals surface area contributed by atoms with Crippen molar-refractivity contribution in [3.63, 3.8) is 0 Å². The number of aryl methyl sites for hydroxylation is 1. The molecule has 13 nitrogen and oxygen atoms in total. The van der Waals surface area contributed by atoms with Crippen molar-refractivity contribution in [2.45, 2.75) is 275 Å². The lowest BCUT2D eigenvalue weighted by Gasteiger charge is -2.48. The van der Waals surface area contributed by atoms with Gasteiger partial charge >= 0.3 is 0 Å². The van der Waals surface area contributed by atoms with Crippen LogP contribution in [0, 0.1) is 104 Å². The molecule has 2 unspecified atom stereocenters. The lowest BCUT2D eigenvalue weighted by molar-refractivity contribution is 0.0133. The van der Waals surface area contributed by atoms with E-state index >= 15 is 0 Å². The molecule has 6 aliphatic carbocycles. The maximum absolute atomic E-state index is 6.62. The lowest BCUT2D eigenvalue weighted by Crippen LogP contribution is -2.50. The quantitative estimate of drug-likeness (QED) is 0.0662. The molecule has 0 aliphatic heterocycles. The second-order valence-electron chi connectivity index (χ2n) is 36.3. The number of aromatic nitrogens is 6. The van der Waals surface area contributed by atoms with E-state index in [9.17, 15) is 0 Å². The zero-order valence-corrected chi connectivity index (χ0v) is 69.4. The number of ether oxygens (including phenoxy) is 1. The van der Waals surface area contributed by atoms with Crippen LogP contribution >= 0.6 is 22.9 Å². The van der Waals surface area contributed by atoms with Gasteiger partial charge in [0.2, 0.25) is 5.88 Å². The van der Waals surface area contributed by atoms with Crippen molar-refractivity contribution in [3.8, 4) is 5.88 Å². The minimum Gasteiger partial charge on any atom is -0.481 e. The number of methoxy groups -OCH3 is 1. The van der Waals surface area contributed by atoms with Crippen molar-refractivity contribution in [2.75, 3.05) is 7.11 Å². The van der Waals surface area contributed by atoms with Crippen LogP contribution in [0.4, 0.5) is 0 Å². The van der Waals surface area contributed by atoms with Crippen LogP contribution in [0.25, 0.3) is 0 Å². The molecule has 0 spiro atoms. The Morgan fingerprint density at radius 3 is 1.41 bits per heavy atom. The summed E-state index contributed by atoms with van der Waals surface area (Å²) in [7, 11) is 1.66. The first-order valence-corrected chi connectivity index (χ1v) is 39.5. The fourth-order valence-electron chi connectivity index (χ4n) is 21.5. The monoisotopic (exact) mass is 1440 g/mol. The van der Waals surface area contributed by atoms with Gasteiger partial charge in [0.1, 0.15) is 5.15 Å². The number of benzene rings is 1. The Hall–Kier alpha value is -4.77. The van der Waals surface area contributed by atoms with Crippen LogP contribution in [-0.4, -0.2) is 43.3 Å². The van der Waals surface area contributed by atoms with Crippen LogP contribution in [-0.2, 0) is 43.9 Å². The van der Waals surface area contributed by atoms with Gasteiger partial charge in [-0.25, -0.2) is 15.0 Å². The third-order valence-corrected chi connectivity index (χ3v) is 28.6. The molecule has 5 heterocycles. The summed E-state index contributed by atoms with van der Waals surface area (Å²) in [4.78, 5) is 19.3. The highest BCUT2D eigenvalue weighted by atomic mass is 35.5. The van der Waals surface area contributed by atoms with E-state index in [0.29, 0.717) is 70.2 Å². The standard InChI is InChI=1S/C16H26N2O.C15H23N.C14H21ClN2.C14H24N2S.C14H22N2.C13H21N3.CH4/c1-10(2)16(15(3,4)5)8-11-7-13(19-6)18-9-12(11)14(16)17;1-10(2)15(11(3)4)9-12-7-5-6-8-13(12)14(15)16;1-8(2)14(9(3)4)7-11-10(13(14)16)5-6-12(15)17-11;1-8(2)14(13(4,5)6)7-10-11(12(14)15)16-9(3)17-10;1-9(2)14(10(3)4)8-12-11(13(14)15)6-5-7-16-12;1-8(2)13(9(3)4)11-7-16-15-6-10(11)5-12(13)14;/h7,9-10,14H,8,17H2,1-6H3;5-8,10-11,14H,9,16H2,1-4H3;5-6,8-9,13H,7,16H2,1-4H3;8,12H,7,15H2,1-6H3;5-7,9-10,13H,8,15H2,1-4H3;6-9,12H,5,14H2,1-4H3;1H4/t14-,16?;14-;13-;12-,14?;13-;12-;/m111111./s1. The van der Waals surface area contributed by atoms with E-state index in [0.717, 1.165) is 54.9 Å². The average Bonchev–Trinajstić information content (AvgIpc) is 1.28. The molecule has 568 valence electrons. The Morgan fingerprint density at radius 1 is 0.471 bits per heavy atom. The van der Waals surface area contributed by atoms with Crippen LogP contribution < -0.4 is 39.1 Å². The summed E-state index contributed by atoms with van der Waals surface area (Å²) in [5.41, 5.74) is 54.1. The molecular weight excluding hydrogens is 1300 g/mol. The molecule has 0 amide bonds. The van der Waals surface area contributed by atoms with E-state index in [-0.39, 0.29) is 87.0 Å². The molecule has 6 aliphatic rings. The molecule has 0 fully saturated rings. The highest BCUT2D eigenvalue weighted by Crippen LogP contribution is 2.62.